The highest BCUT2D eigenvalue weighted by Gasteiger charge is 2.32. The lowest BCUT2D eigenvalue weighted by molar-refractivity contribution is 0.126. The largest absolute Gasteiger partial charge is 0.325 e. The molecule has 0 radical (unpaired) electrons. The van der Waals surface area contributed by atoms with Gasteiger partial charge in [-0.1, -0.05) is 12.1 Å². The molecule has 2 rings (SSSR count). The number of nitrogens with zero attached hydrogens (tertiary/aromatic N) is 4. The molecule has 3 atom stereocenters. The van der Waals surface area contributed by atoms with Gasteiger partial charge in [-0.2, -0.15) is 0 Å². The van der Waals surface area contributed by atoms with E-state index in [0.717, 1.165) is 13.1 Å². The van der Waals surface area contributed by atoms with E-state index in [2.05, 4.69) is 29.2 Å². The van der Waals surface area contributed by atoms with Crippen LogP contribution in [0.3, 0.4) is 0 Å². The van der Waals surface area contributed by atoms with E-state index in [4.69, 9.17) is 5.73 Å². The van der Waals surface area contributed by atoms with Gasteiger partial charge < -0.3 is 10.6 Å². The number of likely N-dealkylation sites (N-methyl/N-ethyl adjacent to an activating group) is 1. The number of hydrogen-bond acceptors (Lipinski definition) is 4. The van der Waals surface area contributed by atoms with Crippen LogP contribution in [0.5, 0.6) is 0 Å². The van der Waals surface area contributed by atoms with Crippen LogP contribution in [0.4, 0.5) is 0 Å². The topological polar surface area (TPSA) is 60.0 Å². The molecule has 2 heterocycles. The fourth-order valence-corrected chi connectivity index (χ4v) is 2.40. The zero-order valence-corrected chi connectivity index (χ0v) is 8.67. The van der Waals surface area contributed by atoms with Crippen LogP contribution < -0.4 is 5.73 Å². The zero-order valence-electron chi connectivity index (χ0n) is 8.67. The minimum absolute atomic E-state index is 0.144. The fourth-order valence-electron chi connectivity index (χ4n) is 2.40. The third-order valence-electron chi connectivity index (χ3n) is 2.89. The van der Waals surface area contributed by atoms with Crippen LogP contribution in [0.15, 0.2) is 12.4 Å². The van der Waals surface area contributed by atoms with E-state index >= 15 is 0 Å². The van der Waals surface area contributed by atoms with E-state index in [9.17, 15) is 0 Å². The van der Waals surface area contributed by atoms with E-state index in [1.165, 1.54) is 0 Å². The van der Waals surface area contributed by atoms with Crippen LogP contribution in [0, 0.1) is 5.92 Å². The molecule has 1 fully saturated rings. The predicted molar refractivity (Wildman–Crippen MR) is 53.7 cm³/mol. The first-order valence-corrected chi connectivity index (χ1v) is 4.98. The second kappa shape index (κ2) is 3.67. The number of piperidine rings is 1. The van der Waals surface area contributed by atoms with E-state index in [1.54, 1.807) is 6.20 Å². The smallest absolute Gasteiger partial charge is 0.0737 e. The summed E-state index contributed by atoms with van der Waals surface area (Å²) in [5.41, 5.74) is 6.12. The Morgan fingerprint density at radius 1 is 1.43 bits per heavy atom. The summed E-state index contributed by atoms with van der Waals surface area (Å²) in [6.45, 7) is 4.20. The van der Waals surface area contributed by atoms with Crippen LogP contribution >= 0.6 is 0 Å². The Morgan fingerprint density at radius 3 is 2.79 bits per heavy atom. The van der Waals surface area contributed by atoms with E-state index in [-0.39, 0.29) is 12.1 Å². The normalized spacial score (nSPS) is 34.6. The molecule has 14 heavy (non-hydrogen) atoms. The maximum atomic E-state index is 6.12. The number of rotatable bonds is 1. The minimum Gasteiger partial charge on any atom is -0.325 e. The Labute approximate surface area is 83.9 Å². The summed E-state index contributed by atoms with van der Waals surface area (Å²) in [5, 5.41) is 7.86. The van der Waals surface area contributed by atoms with Crippen molar-refractivity contribution in [3.05, 3.63) is 12.4 Å². The molecule has 1 aromatic rings. The van der Waals surface area contributed by atoms with Gasteiger partial charge in [-0.25, -0.2) is 4.68 Å². The van der Waals surface area contributed by atoms with Gasteiger partial charge in [0.05, 0.1) is 12.2 Å². The van der Waals surface area contributed by atoms with Crippen molar-refractivity contribution in [3.8, 4) is 0 Å². The van der Waals surface area contributed by atoms with Crippen molar-refractivity contribution >= 4 is 0 Å². The highest BCUT2D eigenvalue weighted by molar-refractivity contribution is 4.90. The van der Waals surface area contributed by atoms with Crippen molar-refractivity contribution in [2.45, 2.75) is 19.0 Å². The first-order chi connectivity index (χ1) is 6.68. The summed E-state index contributed by atoms with van der Waals surface area (Å²) in [6.07, 6.45) is 3.60. The lowest BCUT2D eigenvalue weighted by atomic mass is 9.91. The number of aromatic nitrogens is 3. The fraction of sp³-hybridized carbons (Fsp3) is 0.778. The molecule has 5 heteroatoms. The molecule has 0 unspecified atom stereocenters. The Bertz CT molecular complexity index is 271. The SMILES string of the molecule is C[C@H]1CN(C)C[C@@H](N)[C@H]1n1ccnn1. The van der Waals surface area contributed by atoms with Gasteiger partial charge in [0, 0.05) is 25.3 Å². The molecular formula is C9H17N5. The van der Waals surface area contributed by atoms with Crippen LogP contribution in [0.2, 0.25) is 0 Å². The van der Waals surface area contributed by atoms with Crippen LogP contribution in [0.1, 0.15) is 13.0 Å². The minimum atomic E-state index is 0.144. The molecule has 0 saturated carbocycles. The number of nitrogens with two attached hydrogens (primary N) is 1. The van der Waals surface area contributed by atoms with E-state index < -0.39 is 0 Å². The van der Waals surface area contributed by atoms with Gasteiger partial charge in [0.2, 0.25) is 0 Å². The van der Waals surface area contributed by atoms with Crippen LogP contribution in [-0.2, 0) is 0 Å². The molecule has 2 N–H and O–H groups in total. The molecule has 0 amide bonds. The second-order valence-corrected chi connectivity index (χ2v) is 4.24. The Morgan fingerprint density at radius 2 is 2.21 bits per heavy atom. The second-order valence-electron chi connectivity index (χ2n) is 4.24. The van der Waals surface area contributed by atoms with Crippen LogP contribution in [-0.4, -0.2) is 46.1 Å². The summed E-state index contributed by atoms with van der Waals surface area (Å²) < 4.78 is 1.89. The van der Waals surface area contributed by atoms with Crippen molar-refractivity contribution in [1.29, 1.82) is 0 Å². The Balaban J connectivity index is 2.18. The van der Waals surface area contributed by atoms with Crippen molar-refractivity contribution in [3.63, 3.8) is 0 Å². The first-order valence-electron chi connectivity index (χ1n) is 4.98. The van der Waals surface area contributed by atoms with Gasteiger partial charge >= 0.3 is 0 Å². The quantitative estimate of drug-likeness (QED) is 0.670. The molecule has 1 aliphatic heterocycles. The van der Waals surface area contributed by atoms with Gasteiger partial charge in [0.25, 0.3) is 0 Å². The summed E-state index contributed by atoms with van der Waals surface area (Å²) in [4.78, 5) is 2.27. The van der Waals surface area contributed by atoms with Gasteiger partial charge in [0.1, 0.15) is 0 Å². The summed E-state index contributed by atoms with van der Waals surface area (Å²) in [6, 6.07) is 0.430. The van der Waals surface area contributed by atoms with Crippen LogP contribution in [0.25, 0.3) is 0 Å². The number of likely N-dealkylation sites (tertiary alicyclic amines) is 1. The highest BCUT2D eigenvalue weighted by atomic mass is 15.4. The maximum Gasteiger partial charge on any atom is 0.0737 e. The average Bonchev–Trinajstić information content (AvgIpc) is 2.54. The summed E-state index contributed by atoms with van der Waals surface area (Å²) in [5.74, 6) is 0.519. The molecule has 0 aliphatic carbocycles. The maximum absolute atomic E-state index is 6.12. The highest BCUT2D eigenvalue weighted by Crippen LogP contribution is 2.25. The lowest BCUT2D eigenvalue weighted by Gasteiger charge is -2.39. The van der Waals surface area contributed by atoms with Crippen molar-refractivity contribution in [2.24, 2.45) is 11.7 Å². The molecule has 78 valence electrons. The van der Waals surface area contributed by atoms with Gasteiger partial charge in [-0.05, 0) is 13.0 Å². The first kappa shape index (κ1) is 9.61. The van der Waals surface area contributed by atoms with Gasteiger partial charge in [-0.15, -0.1) is 5.10 Å². The molecule has 1 aliphatic rings. The monoisotopic (exact) mass is 195 g/mol. The molecule has 0 bridgehead atoms. The van der Waals surface area contributed by atoms with Gasteiger partial charge in [0.15, 0.2) is 0 Å². The average molecular weight is 195 g/mol. The molecule has 0 aromatic carbocycles. The number of hydrogen-bond donors (Lipinski definition) is 1. The molecule has 0 spiro atoms. The van der Waals surface area contributed by atoms with Crippen molar-refractivity contribution in [1.82, 2.24) is 19.9 Å². The molecule has 1 saturated heterocycles. The van der Waals surface area contributed by atoms with E-state index in [1.807, 2.05) is 10.9 Å². The van der Waals surface area contributed by atoms with Gasteiger partial charge in [-0.3, -0.25) is 0 Å². The molecule has 5 nitrogen and oxygen atoms in total. The third-order valence-corrected chi connectivity index (χ3v) is 2.89. The summed E-state index contributed by atoms with van der Waals surface area (Å²) >= 11 is 0. The third kappa shape index (κ3) is 1.65. The molecular weight excluding hydrogens is 178 g/mol. The zero-order chi connectivity index (χ0) is 10.1. The Kier molecular flexibility index (Phi) is 2.52. The summed E-state index contributed by atoms with van der Waals surface area (Å²) in [7, 11) is 2.11. The Hall–Kier alpha value is -0.940. The van der Waals surface area contributed by atoms with Crippen molar-refractivity contribution < 1.29 is 0 Å². The lowest BCUT2D eigenvalue weighted by Crippen LogP contribution is -2.51. The molecule has 1 aromatic heterocycles. The van der Waals surface area contributed by atoms with Crippen molar-refractivity contribution in [2.75, 3.05) is 20.1 Å². The standard InChI is InChI=1S/C9H17N5/c1-7-5-13(2)6-8(10)9(7)14-4-3-11-12-14/h3-4,7-9H,5-6,10H2,1-2H3/t7-,8+,9-/m0/s1. The predicted octanol–water partition coefficient (Wildman–Crippen LogP) is -0.272. The van der Waals surface area contributed by atoms with E-state index in [0.29, 0.717) is 5.92 Å².